The molecule has 1 aromatic carbocycles. The Morgan fingerprint density at radius 3 is 2.96 bits per heavy atom. The molecule has 0 bridgehead atoms. The van der Waals surface area contributed by atoms with Gasteiger partial charge >= 0.3 is 0 Å². The Bertz CT molecular complexity index is 939. The van der Waals surface area contributed by atoms with Gasteiger partial charge in [0.25, 0.3) is 5.91 Å². The van der Waals surface area contributed by atoms with E-state index in [2.05, 4.69) is 10.3 Å². The van der Waals surface area contributed by atoms with Crippen molar-refractivity contribution in [2.75, 3.05) is 6.79 Å². The van der Waals surface area contributed by atoms with Gasteiger partial charge in [-0.25, -0.2) is 0 Å². The number of ether oxygens (including phenoxy) is 3. The highest BCUT2D eigenvalue weighted by Crippen LogP contribution is 2.35. The zero-order chi connectivity index (χ0) is 18.6. The van der Waals surface area contributed by atoms with E-state index in [0.717, 1.165) is 11.3 Å². The third kappa shape index (κ3) is 3.87. The SMILES string of the molecule is CC(Oc1ccc2c(c1)OCO2)C(=O)NCc1ccnc(-c2ccco2)c1. The van der Waals surface area contributed by atoms with E-state index in [1.807, 2.05) is 18.2 Å². The van der Waals surface area contributed by atoms with Crippen LogP contribution in [0.2, 0.25) is 0 Å². The molecule has 0 fully saturated rings. The summed E-state index contributed by atoms with van der Waals surface area (Å²) >= 11 is 0. The molecule has 0 saturated carbocycles. The summed E-state index contributed by atoms with van der Waals surface area (Å²) in [5.41, 5.74) is 1.64. The van der Waals surface area contributed by atoms with Crippen molar-refractivity contribution in [3.8, 4) is 28.7 Å². The van der Waals surface area contributed by atoms with Crippen LogP contribution in [0.5, 0.6) is 17.2 Å². The quantitative estimate of drug-likeness (QED) is 0.722. The fourth-order valence-corrected chi connectivity index (χ4v) is 2.68. The lowest BCUT2D eigenvalue weighted by Crippen LogP contribution is -2.35. The summed E-state index contributed by atoms with van der Waals surface area (Å²) in [7, 11) is 0. The minimum absolute atomic E-state index is 0.195. The summed E-state index contributed by atoms with van der Waals surface area (Å²) in [6.45, 7) is 2.26. The lowest BCUT2D eigenvalue weighted by Gasteiger charge is -2.15. The van der Waals surface area contributed by atoms with Gasteiger partial charge in [0.2, 0.25) is 6.79 Å². The summed E-state index contributed by atoms with van der Waals surface area (Å²) in [5, 5.41) is 2.87. The molecule has 1 atom stereocenters. The smallest absolute Gasteiger partial charge is 0.261 e. The first-order chi connectivity index (χ1) is 13.2. The number of fused-ring (bicyclic) bond motifs is 1. The molecule has 0 aliphatic carbocycles. The molecule has 1 N–H and O–H groups in total. The number of carbonyl (C=O) groups excluding carboxylic acids is 1. The molecule has 138 valence electrons. The van der Waals surface area contributed by atoms with E-state index < -0.39 is 6.10 Å². The van der Waals surface area contributed by atoms with Crippen molar-refractivity contribution in [3.05, 3.63) is 60.5 Å². The molecule has 27 heavy (non-hydrogen) atoms. The summed E-state index contributed by atoms with van der Waals surface area (Å²) in [6, 6.07) is 12.6. The minimum atomic E-state index is -0.656. The molecule has 4 rings (SSSR count). The van der Waals surface area contributed by atoms with Gasteiger partial charge in [0, 0.05) is 18.8 Å². The van der Waals surface area contributed by atoms with Gasteiger partial charge in [0.15, 0.2) is 23.4 Å². The number of pyridine rings is 1. The van der Waals surface area contributed by atoms with Gasteiger partial charge in [0.1, 0.15) is 11.4 Å². The molecule has 0 saturated heterocycles. The van der Waals surface area contributed by atoms with Crippen molar-refractivity contribution in [2.24, 2.45) is 0 Å². The van der Waals surface area contributed by atoms with Gasteiger partial charge in [-0.2, -0.15) is 0 Å². The van der Waals surface area contributed by atoms with Crippen molar-refractivity contribution in [1.82, 2.24) is 10.3 Å². The number of nitrogens with one attached hydrogen (secondary N) is 1. The van der Waals surface area contributed by atoms with Gasteiger partial charge in [-0.3, -0.25) is 9.78 Å². The Kier molecular flexibility index (Phi) is 4.65. The number of hydrogen-bond acceptors (Lipinski definition) is 6. The minimum Gasteiger partial charge on any atom is -0.481 e. The third-order valence-corrected chi connectivity index (χ3v) is 4.09. The van der Waals surface area contributed by atoms with Crippen LogP contribution in [0, 0.1) is 0 Å². The summed E-state index contributed by atoms with van der Waals surface area (Å²) in [5.74, 6) is 2.30. The number of aromatic nitrogens is 1. The van der Waals surface area contributed by atoms with Crippen molar-refractivity contribution in [3.63, 3.8) is 0 Å². The second kappa shape index (κ2) is 7.41. The van der Waals surface area contributed by atoms with Crippen LogP contribution in [0.15, 0.2) is 59.3 Å². The van der Waals surface area contributed by atoms with Crippen LogP contribution < -0.4 is 19.5 Å². The maximum atomic E-state index is 12.3. The highest BCUT2D eigenvalue weighted by Gasteiger charge is 2.18. The molecule has 7 heteroatoms. The molecule has 1 amide bonds. The fourth-order valence-electron chi connectivity index (χ4n) is 2.68. The van der Waals surface area contributed by atoms with E-state index in [1.165, 1.54) is 0 Å². The van der Waals surface area contributed by atoms with Crippen LogP contribution in [-0.4, -0.2) is 23.8 Å². The van der Waals surface area contributed by atoms with Crippen molar-refractivity contribution >= 4 is 5.91 Å². The normalized spacial score (nSPS) is 13.2. The Balaban J connectivity index is 1.34. The lowest BCUT2D eigenvalue weighted by atomic mass is 10.2. The lowest BCUT2D eigenvalue weighted by molar-refractivity contribution is -0.127. The second-order valence-electron chi connectivity index (χ2n) is 6.02. The Morgan fingerprint density at radius 1 is 1.22 bits per heavy atom. The van der Waals surface area contributed by atoms with E-state index in [1.54, 1.807) is 43.6 Å². The Labute approximate surface area is 155 Å². The molecule has 0 radical (unpaired) electrons. The van der Waals surface area contributed by atoms with Crippen molar-refractivity contribution < 1.29 is 23.4 Å². The molecule has 1 unspecified atom stereocenters. The van der Waals surface area contributed by atoms with Gasteiger partial charge < -0.3 is 23.9 Å². The van der Waals surface area contributed by atoms with Crippen LogP contribution in [0.4, 0.5) is 0 Å². The first-order valence-corrected chi connectivity index (χ1v) is 8.52. The first kappa shape index (κ1) is 17.0. The fraction of sp³-hybridized carbons (Fsp3) is 0.200. The largest absolute Gasteiger partial charge is 0.481 e. The van der Waals surface area contributed by atoms with Crippen LogP contribution in [0.25, 0.3) is 11.5 Å². The monoisotopic (exact) mass is 366 g/mol. The molecular formula is C20H18N2O5. The van der Waals surface area contributed by atoms with E-state index >= 15 is 0 Å². The highest BCUT2D eigenvalue weighted by molar-refractivity contribution is 5.80. The number of rotatable bonds is 6. The number of benzene rings is 1. The van der Waals surface area contributed by atoms with Gasteiger partial charge in [-0.05, 0) is 48.9 Å². The summed E-state index contributed by atoms with van der Waals surface area (Å²) in [4.78, 5) is 16.6. The molecule has 3 aromatic rings. The Hall–Kier alpha value is -3.48. The van der Waals surface area contributed by atoms with Crippen molar-refractivity contribution in [2.45, 2.75) is 19.6 Å². The van der Waals surface area contributed by atoms with Gasteiger partial charge in [-0.1, -0.05) is 0 Å². The first-order valence-electron chi connectivity index (χ1n) is 8.52. The molecule has 1 aliphatic heterocycles. The molecule has 7 nitrogen and oxygen atoms in total. The molecule has 1 aliphatic rings. The average Bonchev–Trinajstić information content (AvgIpc) is 3.37. The molecule has 2 aromatic heterocycles. The number of hydrogen-bond donors (Lipinski definition) is 1. The third-order valence-electron chi connectivity index (χ3n) is 4.09. The van der Waals surface area contributed by atoms with Gasteiger partial charge in [0.05, 0.1) is 6.26 Å². The molecular weight excluding hydrogens is 348 g/mol. The number of amides is 1. The number of furan rings is 1. The molecule has 3 heterocycles. The number of carbonyl (C=O) groups is 1. The zero-order valence-electron chi connectivity index (χ0n) is 14.7. The number of nitrogens with zero attached hydrogens (tertiary/aromatic N) is 1. The second-order valence-corrected chi connectivity index (χ2v) is 6.02. The maximum absolute atomic E-state index is 12.3. The predicted octanol–water partition coefficient (Wildman–Crippen LogP) is 3.15. The van der Waals surface area contributed by atoms with Crippen LogP contribution >= 0.6 is 0 Å². The van der Waals surface area contributed by atoms with Crippen LogP contribution in [-0.2, 0) is 11.3 Å². The predicted molar refractivity (Wildman–Crippen MR) is 96.4 cm³/mol. The van der Waals surface area contributed by atoms with E-state index in [9.17, 15) is 4.79 Å². The van der Waals surface area contributed by atoms with Crippen molar-refractivity contribution in [1.29, 1.82) is 0 Å². The average molecular weight is 366 g/mol. The van der Waals surface area contributed by atoms with E-state index in [-0.39, 0.29) is 12.7 Å². The van der Waals surface area contributed by atoms with E-state index in [4.69, 9.17) is 18.6 Å². The summed E-state index contributed by atoms with van der Waals surface area (Å²) in [6.07, 6.45) is 2.63. The molecule has 0 spiro atoms. The van der Waals surface area contributed by atoms with E-state index in [0.29, 0.717) is 29.6 Å². The van der Waals surface area contributed by atoms with Crippen LogP contribution in [0.3, 0.4) is 0 Å². The Morgan fingerprint density at radius 2 is 2.11 bits per heavy atom. The van der Waals surface area contributed by atoms with Crippen LogP contribution in [0.1, 0.15) is 12.5 Å². The highest BCUT2D eigenvalue weighted by atomic mass is 16.7. The standard InChI is InChI=1S/C20H18N2O5/c1-13(27-15-4-5-18-19(10-15)26-12-25-18)20(23)22-11-14-6-7-21-16(9-14)17-3-2-8-24-17/h2-10,13H,11-12H2,1H3,(H,22,23). The summed E-state index contributed by atoms with van der Waals surface area (Å²) < 4.78 is 21.6. The zero-order valence-corrected chi connectivity index (χ0v) is 14.7. The topological polar surface area (TPSA) is 82.8 Å². The van der Waals surface area contributed by atoms with Gasteiger partial charge in [-0.15, -0.1) is 0 Å². The maximum Gasteiger partial charge on any atom is 0.261 e.